The van der Waals surface area contributed by atoms with Crippen molar-refractivity contribution in [3.63, 3.8) is 0 Å². The molecule has 0 saturated carbocycles. The number of ether oxygens (including phenoxy) is 3. The minimum absolute atomic E-state index is 0.0406. The van der Waals surface area contributed by atoms with Crippen molar-refractivity contribution in [2.75, 3.05) is 0 Å². The third-order valence-electron chi connectivity index (χ3n) is 4.49. The molecule has 1 unspecified atom stereocenters. The number of hydrogen-bond acceptors (Lipinski definition) is 4. The molecule has 0 N–H and O–H groups in total. The maximum Gasteiger partial charge on any atom is 0.308 e. The van der Waals surface area contributed by atoms with Gasteiger partial charge < -0.3 is 14.2 Å². The lowest BCUT2D eigenvalue weighted by Crippen LogP contribution is -2.33. The number of carbonyl (C=O) groups is 1. The van der Waals surface area contributed by atoms with Crippen LogP contribution in [0.2, 0.25) is 0 Å². The fraction of sp³-hybridized carbons (Fsp3) is 0.381. The van der Waals surface area contributed by atoms with E-state index in [-0.39, 0.29) is 22.3 Å². The molecule has 2 aromatic carbocycles. The second-order valence-corrected chi connectivity index (χ2v) is 9.04. The van der Waals surface area contributed by atoms with Crippen LogP contribution in [0.15, 0.2) is 54.6 Å². The lowest BCUT2D eigenvalue weighted by molar-refractivity contribution is -0.180. The maximum atomic E-state index is 11.7. The first-order chi connectivity index (χ1) is 12.3. The molecule has 0 radical (unpaired) electrons. The molecule has 2 aromatic rings. The van der Waals surface area contributed by atoms with E-state index < -0.39 is 6.29 Å². The lowest BCUT2D eigenvalue weighted by Gasteiger charge is -2.29. The SMILES string of the molecule is CC(O[C@@H]1OC(=O)C[C@H]1C(C)(C)Br)c1cccc(Oc2ccccc2)c1. The van der Waals surface area contributed by atoms with Crippen LogP contribution < -0.4 is 4.74 Å². The summed E-state index contributed by atoms with van der Waals surface area (Å²) in [4.78, 5) is 11.7. The van der Waals surface area contributed by atoms with Gasteiger partial charge in [0, 0.05) is 10.2 Å². The van der Waals surface area contributed by atoms with Crippen molar-refractivity contribution < 1.29 is 19.0 Å². The average Bonchev–Trinajstić information content (AvgIpc) is 2.97. The summed E-state index contributed by atoms with van der Waals surface area (Å²) < 4.78 is 17.1. The minimum Gasteiger partial charge on any atom is -0.457 e. The molecule has 0 amide bonds. The van der Waals surface area contributed by atoms with Gasteiger partial charge in [-0.2, -0.15) is 0 Å². The summed E-state index contributed by atoms with van der Waals surface area (Å²) >= 11 is 3.64. The highest BCUT2D eigenvalue weighted by Gasteiger charge is 2.44. The third-order valence-corrected chi connectivity index (χ3v) is 5.08. The van der Waals surface area contributed by atoms with Crippen LogP contribution >= 0.6 is 15.9 Å². The van der Waals surface area contributed by atoms with Crippen molar-refractivity contribution in [1.82, 2.24) is 0 Å². The standard InChI is InChI=1S/C21H23BrO4/c1-14(24-20-18(21(2,3)22)13-19(23)26-20)15-8-7-11-17(12-15)25-16-9-5-4-6-10-16/h4-12,14,18,20H,13H2,1-3H3/t14?,18-,20-/m1/s1. The van der Waals surface area contributed by atoms with Crippen LogP contribution in [0.3, 0.4) is 0 Å². The molecule has 4 nitrogen and oxygen atoms in total. The number of benzene rings is 2. The predicted molar refractivity (Wildman–Crippen MR) is 103 cm³/mol. The van der Waals surface area contributed by atoms with Crippen LogP contribution in [0.5, 0.6) is 11.5 Å². The smallest absolute Gasteiger partial charge is 0.308 e. The van der Waals surface area contributed by atoms with E-state index in [0.29, 0.717) is 6.42 Å². The zero-order valence-corrected chi connectivity index (χ0v) is 16.7. The van der Waals surface area contributed by atoms with Crippen LogP contribution in [-0.4, -0.2) is 16.6 Å². The predicted octanol–water partition coefficient (Wildman–Crippen LogP) is 5.62. The highest BCUT2D eigenvalue weighted by Crippen LogP contribution is 2.40. The van der Waals surface area contributed by atoms with Gasteiger partial charge in [0.15, 0.2) is 0 Å². The van der Waals surface area contributed by atoms with E-state index in [2.05, 4.69) is 15.9 Å². The van der Waals surface area contributed by atoms with Gasteiger partial charge in [0.1, 0.15) is 11.5 Å². The Morgan fingerprint density at radius 3 is 2.50 bits per heavy atom. The quantitative estimate of drug-likeness (QED) is 0.451. The summed E-state index contributed by atoms with van der Waals surface area (Å²) in [7, 11) is 0. The van der Waals surface area contributed by atoms with Gasteiger partial charge in [0.2, 0.25) is 6.29 Å². The topological polar surface area (TPSA) is 44.8 Å². The van der Waals surface area contributed by atoms with Crippen LogP contribution in [0.1, 0.15) is 38.9 Å². The summed E-state index contributed by atoms with van der Waals surface area (Å²) in [5.74, 6) is 1.26. The highest BCUT2D eigenvalue weighted by atomic mass is 79.9. The van der Waals surface area contributed by atoms with Gasteiger partial charge in [-0.05, 0) is 50.6 Å². The Kier molecular flexibility index (Phi) is 5.68. The highest BCUT2D eigenvalue weighted by molar-refractivity contribution is 9.10. The van der Waals surface area contributed by atoms with Crippen LogP contribution in [0.25, 0.3) is 0 Å². The number of halogens is 1. The van der Waals surface area contributed by atoms with Crippen molar-refractivity contribution >= 4 is 21.9 Å². The van der Waals surface area contributed by atoms with Crippen molar-refractivity contribution in [3.8, 4) is 11.5 Å². The largest absolute Gasteiger partial charge is 0.457 e. The fourth-order valence-electron chi connectivity index (χ4n) is 2.96. The van der Waals surface area contributed by atoms with Gasteiger partial charge in [-0.3, -0.25) is 4.79 Å². The molecule has 138 valence electrons. The molecule has 0 aromatic heterocycles. The van der Waals surface area contributed by atoms with Gasteiger partial charge in [-0.1, -0.05) is 46.3 Å². The molecule has 5 heteroatoms. The molecular weight excluding hydrogens is 396 g/mol. The second kappa shape index (κ2) is 7.80. The Labute approximate surface area is 162 Å². The summed E-state index contributed by atoms with van der Waals surface area (Å²) in [6, 6.07) is 17.4. The number of carbonyl (C=O) groups excluding carboxylic acids is 1. The van der Waals surface area contributed by atoms with Crippen molar-refractivity contribution in [2.45, 2.75) is 43.9 Å². The second-order valence-electron chi connectivity index (χ2n) is 7.00. The Bertz CT molecular complexity index is 754. The van der Waals surface area contributed by atoms with E-state index in [1.807, 2.05) is 75.4 Å². The maximum absolute atomic E-state index is 11.7. The van der Waals surface area contributed by atoms with Crippen molar-refractivity contribution in [1.29, 1.82) is 0 Å². The normalized spacial score (nSPS) is 21.3. The van der Waals surface area contributed by atoms with Gasteiger partial charge in [-0.25, -0.2) is 0 Å². The zero-order valence-electron chi connectivity index (χ0n) is 15.1. The summed E-state index contributed by atoms with van der Waals surface area (Å²) in [6.45, 7) is 6.00. The van der Waals surface area contributed by atoms with Crippen LogP contribution in [0, 0.1) is 5.92 Å². The van der Waals surface area contributed by atoms with E-state index in [1.165, 1.54) is 0 Å². The van der Waals surface area contributed by atoms with Gasteiger partial charge in [0.25, 0.3) is 0 Å². The first-order valence-corrected chi connectivity index (χ1v) is 9.49. The summed E-state index contributed by atoms with van der Waals surface area (Å²) in [5.41, 5.74) is 0.965. The number of cyclic esters (lactones) is 1. The van der Waals surface area contributed by atoms with Crippen LogP contribution in [0.4, 0.5) is 0 Å². The Morgan fingerprint density at radius 2 is 1.81 bits per heavy atom. The summed E-state index contributed by atoms with van der Waals surface area (Å²) in [5, 5.41) is 0. The van der Waals surface area contributed by atoms with E-state index in [9.17, 15) is 4.79 Å². The number of para-hydroxylation sites is 1. The van der Waals surface area contributed by atoms with E-state index in [4.69, 9.17) is 14.2 Å². The number of esters is 1. The van der Waals surface area contributed by atoms with Gasteiger partial charge in [0.05, 0.1) is 12.5 Å². The molecule has 3 rings (SSSR count). The zero-order chi connectivity index (χ0) is 18.7. The molecule has 3 atom stereocenters. The molecule has 1 aliphatic heterocycles. The molecule has 0 bridgehead atoms. The van der Waals surface area contributed by atoms with E-state index in [0.717, 1.165) is 17.1 Å². The van der Waals surface area contributed by atoms with E-state index >= 15 is 0 Å². The van der Waals surface area contributed by atoms with Crippen molar-refractivity contribution in [2.24, 2.45) is 5.92 Å². The molecular formula is C21H23BrO4. The van der Waals surface area contributed by atoms with E-state index in [1.54, 1.807) is 0 Å². The minimum atomic E-state index is -0.564. The molecule has 1 saturated heterocycles. The molecule has 0 spiro atoms. The molecule has 1 heterocycles. The Hall–Kier alpha value is -1.85. The Balaban J connectivity index is 1.71. The average molecular weight is 419 g/mol. The molecule has 26 heavy (non-hydrogen) atoms. The fourth-order valence-corrected chi connectivity index (χ4v) is 3.34. The molecule has 0 aliphatic carbocycles. The summed E-state index contributed by atoms with van der Waals surface area (Å²) in [6.07, 6.45) is -0.444. The first kappa shape index (κ1) is 18.9. The first-order valence-electron chi connectivity index (χ1n) is 8.69. The molecule has 1 fully saturated rings. The lowest BCUT2D eigenvalue weighted by atomic mass is 9.93. The van der Waals surface area contributed by atoms with Gasteiger partial charge >= 0.3 is 5.97 Å². The van der Waals surface area contributed by atoms with Crippen LogP contribution in [-0.2, 0) is 14.3 Å². The number of rotatable bonds is 6. The third kappa shape index (κ3) is 4.65. The monoisotopic (exact) mass is 418 g/mol. The number of hydrogen-bond donors (Lipinski definition) is 0. The van der Waals surface area contributed by atoms with Gasteiger partial charge in [-0.15, -0.1) is 0 Å². The van der Waals surface area contributed by atoms with Crippen molar-refractivity contribution in [3.05, 3.63) is 60.2 Å². The number of alkyl halides is 1. The Morgan fingerprint density at radius 1 is 1.12 bits per heavy atom. The molecule has 1 aliphatic rings.